The van der Waals surface area contributed by atoms with Crippen LogP contribution < -0.4 is 4.72 Å². The molecule has 0 atom stereocenters. The van der Waals surface area contributed by atoms with Crippen molar-refractivity contribution in [3.05, 3.63) is 30.4 Å². The van der Waals surface area contributed by atoms with Crippen LogP contribution in [0.3, 0.4) is 0 Å². The lowest BCUT2D eigenvalue weighted by Crippen LogP contribution is -2.14. The van der Waals surface area contributed by atoms with Crippen molar-refractivity contribution in [2.45, 2.75) is 25.0 Å². The number of nitrogens with zero attached hydrogens (tertiary/aromatic N) is 4. The van der Waals surface area contributed by atoms with Gasteiger partial charge in [-0.05, 0) is 13.0 Å². The number of aryl methyl sites for hydroxylation is 1. The molecule has 2 aromatic rings. The molecular weight excluding hydrogens is 270 g/mol. The minimum Gasteiger partial charge on any atom is -0.390 e. The molecule has 0 spiro atoms. The molecule has 0 radical (unpaired) electrons. The molecule has 2 N–H and O–H groups in total. The molecule has 0 fully saturated rings. The van der Waals surface area contributed by atoms with Crippen LogP contribution in [-0.4, -0.2) is 33.3 Å². The first-order chi connectivity index (χ1) is 9.06. The molecule has 2 rings (SSSR count). The topological polar surface area (TPSA) is 110 Å². The minimum atomic E-state index is -3.78. The first-order valence-corrected chi connectivity index (χ1v) is 7.01. The van der Waals surface area contributed by atoms with Gasteiger partial charge in [0.15, 0.2) is 0 Å². The second kappa shape index (κ2) is 5.33. The van der Waals surface area contributed by atoms with E-state index in [-0.39, 0.29) is 17.5 Å². The minimum absolute atomic E-state index is 0.0471. The third-order valence-corrected chi connectivity index (χ3v) is 3.78. The van der Waals surface area contributed by atoms with Gasteiger partial charge in [0, 0.05) is 18.4 Å². The van der Waals surface area contributed by atoms with Gasteiger partial charge >= 0.3 is 0 Å². The average molecular weight is 283 g/mol. The summed E-state index contributed by atoms with van der Waals surface area (Å²) in [6, 6.07) is 1.40. The molecule has 0 aromatic carbocycles. The van der Waals surface area contributed by atoms with E-state index in [1.807, 2.05) is 6.92 Å². The number of aliphatic hydroxyl groups excluding tert-OH is 1. The normalized spacial score (nSPS) is 11.5. The maximum absolute atomic E-state index is 12.1. The Labute approximate surface area is 110 Å². The molecule has 0 aliphatic rings. The fraction of sp³-hybridized carbons (Fsp3) is 0.300. The number of hydrogen-bond donors (Lipinski definition) is 2. The lowest BCUT2D eigenvalue weighted by molar-refractivity contribution is 0.271. The first kappa shape index (κ1) is 13.4. The zero-order valence-corrected chi connectivity index (χ0v) is 11.0. The Balaban J connectivity index is 2.32. The molecule has 19 heavy (non-hydrogen) atoms. The van der Waals surface area contributed by atoms with Crippen LogP contribution in [0, 0.1) is 0 Å². The number of rotatable bonds is 5. The largest absolute Gasteiger partial charge is 0.390 e. The van der Waals surface area contributed by atoms with Crippen LogP contribution in [0.1, 0.15) is 12.6 Å². The van der Waals surface area contributed by atoms with Crippen molar-refractivity contribution in [1.29, 1.82) is 0 Å². The highest BCUT2D eigenvalue weighted by Gasteiger charge is 2.19. The van der Waals surface area contributed by atoms with Crippen molar-refractivity contribution < 1.29 is 13.5 Å². The summed E-state index contributed by atoms with van der Waals surface area (Å²) in [5.74, 6) is -0.0997. The van der Waals surface area contributed by atoms with Crippen molar-refractivity contribution in [1.82, 2.24) is 19.7 Å². The SMILES string of the molecule is CCn1cc(S(=O)(=O)Nc2nccnn2)cc1CO. The van der Waals surface area contributed by atoms with Gasteiger partial charge in [-0.25, -0.2) is 18.1 Å². The summed E-state index contributed by atoms with van der Waals surface area (Å²) in [7, 11) is -3.78. The van der Waals surface area contributed by atoms with Crippen molar-refractivity contribution in [3.63, 3.8) is 0 Å². The maximum atomic E-state index is 12.1. The van der Waals surface area contributed by atoms with Crippen LogP contribution in [0.25, 0.3) is 0 Å². The second-order valence-electron chi connectivity index (χ2n) is 3.68. The summed E-state index contributed by atoms with van der Waals surface area (Å²) in [6.07, 6.45) is 4.13. The van der Waals surface area contributed by atoms with Gasteiger partial charge in [-0.3, -0.25) is 0 Å². The number of aromatic nitrogens is 4. The highest BCUT2D eigenvalue weighted by atomic mass is 32.2. The second-order valence-corrected chi connectivity index (χ2v) is 5.37. The van der Waals surface area contributed by atoms with Crippen molar-refractivity contribution in [2.24, 2.45) is 0 Å². The molecule has 0 saturated heterocycles. The van der Waals surface area contributed by atoms with Gasteiger partial charge in [-0.15, -0.1) is 5.10 Å². The van der Waals surface area contributed by atoms with Crippen LogP contribution in [-0.2, 0) is 23.2 Å². The van der Waals surface area contributed by atoms with Crippen LogP contribution in [0.2, 0.25) is 0 Å². The zero-order chi connectivity index (χ0) is 13.9. The van der Waals surface area contributed by atoms with Crippen LogP contribution in [0.15, 0.2) is 29.6 Å². The summed E-state index contributed by atoms with van der Waals surface area (Å²) in [5, 5.41) is 16.2. The highest BCUT2D eigenvalue weighted by Crippen LogP contribution is 2.16. The lowest BCUT2D eigenvalue weighted by Gasteiger charge is -2.03. The quantitative estimate of drug-likeness (QED) is 0.798. The van der Waals surface area contributed by atoms with Crippen LogP contribution >= 0.6 is 0 Å². The molecule has 9 heteroatoms. The van der Waals surface area contributed by atoms with Crippen LogP contribution in [0.5, 0.6) is 0 Å². The highest BCUT2D eigenvalue weighted by molar-refractivity contribution is 7.92. The zero-order valence-electron chi connectivity index (χ0n) is 10.2. The van der Waals surface area contributed by atoms with Crippen molar-refractivity contribution >= 4 is 16.0 Å². The molecule has 0 bridgehead atoms. The molecule has 0 aliphatic heterocycles. The average Bonchev–Trinajstić information content (AvgIpc) is 2.83. The smallest absolute Gasteiger partial charge is 0.265 e. The predicted molar refractivity (Wildman–Crippen MR) is 66.7 cm³/mol. The van der Waals surface area contributed by atoms with E-state index in [1.165, 1.54) is 24.7 Å². The van der Waals surface area contributed by atoms with Gasteiger partial charge in [0.05, 0.1) is 19.0 Å². The Morgan fingerprint density at radius 3 is 2.74 bits per heavy atom. The third kappa shape index (κ3) is 2.88. The van der Waals surface area contributed by atoms with E-state index < -0.39 is 10.0 Å². The third-order valence-electron chi connectivity index (χ3n) is 2.48. The van der Waals surface area contributed by atoms with Gasteiger partial charge in [-0.1, -0.05) is 0 Å². The molecule has 102 valence electrons. The van der Waals surface area contributed by atoms with E-state index in [0.717, 1.165) is 0 Å². The molecule has 0 unspecified atom stereocenters. The van der Waals surface area contributed by atoms with E-state index in [1.54, 1.807) is 4.57 Å². The van der Waals surface area contributed by atoms with Crippen molar-refractivity contribution in [2.75, 3.05) is 4.72 Å². The van der Waals surface area contributed by atoms with E-state index in [0.29, 0.717) is 12.2 Å². The van der Waals surface area contributed by atoms with E-state index >= 15 is 0 Å². The van der Waals surface area contributed by atoms with E-state index in [2.05, 4.69) is 19.9 Å². The molecule has 2 aromatic heterocycles. The number of sulfonamides is 1. The molecule has 0 aliphatic carbocycles. The summed E-state index contributed by atoms with van der Waals surface area (Å²) in [5.41, 5.74) is 0.523. The number of nitrogens with one attached hydrogen (secondary N) is 1. The van der Waals surface area contributed by atoms with Gasteiger partial charge in [-0.2, -0.15) is 5.10 Å². The standard InChI is InChI=1S/C10H13N5O3S/c1-2-15-6-9(5-8(15)7-16)19(17,18)14-10-11-3-4-12-13-10/h3-6,16H,2,7H2,1H3,(H,11,13,14). The number of aliphatic hydroxyl groups is 1. The molecule has 8 nitrogen and oxygen atoms in total. The molecule has 0 amide bonds. The molecule has 2 heterocycles. The Bertz CT molecular complexity index is 632. The fourth-order valence-electron chi connectivity index (χ4n) is 1.57. The molecular formula is C10H13N5O3S. The summed E-state index contributed by atoms with van der Waals surface area (Å²) >= 11 is 0. The summed E-state index contributed by atoms with van der Waals surface area (Å²) in [4.78, 5) is 3.79. The fourth-order valence-corrected chi connectivity index (χ4v) is 2.58. The Morgan fingerprint density at radius 2 is 2.21 bits per heavy atom. The first-order valence-electron chi connectivity index (χ1n) is 5.53. The summed E-state index contributed by atoms with van der Waals surface area (Å²) in [6.45, 7) is 2.19. The lowest BCUT2D eigenvalue weighted by atomic mass is 10.4. The maximum Gasteiger partial charge on any atom is 0.265 e. The van der Waals surface area contributed by atoms with Crippen molar-refractivity contribution in [3.8, 4) is 0 Å². The van der Waals surface area contributed by atoms with Gasteiger partial charge < -0.3 is 9.67 Å². The Morgan fingerprint density at radius 1 is 1.42 bits per heavy atom. The summed E-state index contributed by atoms with van der Waals surface area (Å²) < 4.78 is 28.0. The van der Waals surface area contributed by atoms with Gasteiger partial charge in [0.2, 0.25) is 0 Å². The number of hydrogen-bond acceptors (Lipinski definition) is 6. The molecule has 0 saturated carbocycles. The van der Waals surface area contributed by atoms with E-state index in [4.69, 9.17) is 5.11 Å². The van der Waals surface area contributed by atoms with Gasteiger partial charge in [0.1, 0.15) is 4.90 Å². The van der Waals surface area contributed by atoms with E-state index in [9.17, 15) is 8.42 Å². The van der Waals surface area contributed by atoms with Crippen LogP contribution in [0.4, 0.5) is 5.95 Å². The Kier molecular flexibility index (Phi) is 3.76. The number of anilines is 1. The Hall–Kier alpha value is -2.00. The monoisotopic (exact) mass is 283 g/mol. The van der Waals surface area contributed by atoms with Gasteiger partial charge in [0.25, 0.3) is 16.0 Å². The predicted octanol–water partition coefficient (Wildman–Crippen LogP) is -0.0139.